The molecule has 0 spiro atoms. The highest BCUT2D eigenvalue weighted by Crippen LogP contribution is 2.25. The van der Waals surface area contributed by atoms with E-state index in [0.717, 1.165) is 24.8 Å². The monoisotopic (exact) mass is 446 g/mol. The van der Waals surface area contributed by atoms with Crippen LogP contribution in [0.1, 0.15) is 28.8 Å². The molecule has 0 unspecified atom stereocenters. The van der Waals surface area contributed by atoms with Crippen LogP contribution in [0.5, 0.6) is 11.5 Å². The number of carbonyl (C=O) groups excluding carboxylic acids is 1. The molecule has 3 rings (SSSR count). The molecular weight excluding hydrogens is 416 g/mol. The summed E-state index contributed by atoms with van der Waals surface area (Å²) in [4.78, 5) is 12.4. The number of methoxy groups -OCH3 is 1. The Balaban J connectivity index is 1.42. The van der Waals surface area contributed by atoms with Gasteiger partial charge in [-0.25, -0.2) is 12.7 Å². The van der Waals surface area contributed by atoms with Gasteiger partial charge in [0.25, 0.3) is 5.91 Å². The van der Waals surface area contributed by atoms with Crippen LogP contribution in [0.15, 0.2) is 48.5 Å². The van der Waals surface area contributed by atoms with E-state index in [1.54, 1.807) is 11.4 Å². The zero-order chi connectivity index (χ0) is 22.3. The first kappa shape index (κ1) is 23.1. The second kappa shape index (κ2) is 10.6. The van der Waals surface area contributed by atoms with E-state index in [1.165, 1.54) is 6.26 Å². The van der Waals surface area contributed by atoms with Crippen molar-refractivity contribution in [2.75, 3.05) is 39.6 Å². The standard InChI is InChI=1S/C23H30N2O5S/c1-29-21-5-3-4-6-22(21)30-16-13-24-23(26)20-9-7-18(8-10-20)17-19-11-14-25(15-12-19)31(2,27)28/h3-10,19H,11-17H2,1-2H3,(H,24,26). The van der Waals surface area contributed by atoms with Gasteiger partial charge in [0.05, 0.1) is 19.9 Å². The molecule has 1 heterocycles. The van der Waals surface area contributed by atoms with Crippen molar-refractivity contribution in [2.45, 2.75) is 19.3 Å². The number of benzene rings is 2. The fourth-order valence-corrected chi connectivity index (χ4v) is 4.61. The first-order valence-corrected chi connectivity index (χ1v) is 12.3. The third kappa shape index (κ3) is 6.70. The number of carbonyl (C=O) groups is 1. The molecule has 0 radical (unpaired) electrons. The predicted molar refractivity (Wildman–Crippen MR) is 120 cm³/mol. The lowest BCUT2D eigenvalue weighted by molar-refractivity contribution is 0.0947. The summed E-state index contributed by atoms with van der Waals surface area (Å²) in [5.74, 6) is 1.62. The Kier molecular flexibility index (Phi) is 7.92. The molecule has 1 saturated heterocycles. The van der Waals surface area contributed by atoms with E-state index in [2.05, 4.69) is 5.32 Å². The van der Waals surface area contributed by atoms with E-state index in [4.69, 9.17) is 9.47 Å². The maximum absolute atomic E-state index is 12.4. The van der Waals surface area contributed by atoms with E-state index in [-0.39, 0.29) is 5.91 Å². The molecule has 2 aromatic carbocycles. The van der Waals surface area contributed by atoms with Crippen LogP contribution in [-0.4, -0.2) is 58.2 Å². The summed E-state index contributed by atoms with van der Waals surface area (Å²) >= 11 is 0. The lowest BCUT2D eigenvalue weighted by Crippen LogP contribution is -2.38. The average molecular weight is 447 g/mol. The number of hydrogen-bond donors (Lipinski definition) is 1. The molecule has 7 nitrogen and oxygen atoms in total. The van der Waals surface area contributed by atoms with E-state index >= 15 is 0 Å². The maximum atomic E-state index is 12.4. The molecule has 0 atom stereocenters. The molecule has 1 N–H and O–H groups in total. The Hall–Kier alpha value is -2.58. The highest BCUT2D eigenvalue weighted by Gasteiger charge is 2.24. The zero-order valence-corrected chi connectivity index (χ0v) is 18.9. The second-order valence-electron chi connectivity index (χ2n) is 7.76. The zero-order valence-electron chi connectivity index (χ0n) is 18.0. The quantitative estimate of drug-likeness (QED) is 0.599. The van der Waals surface area contributed by atoms with Crippen molar-refractivity contribution in [3.63, 3.8) is 0 Å². The van der Waals surface area contributed by atoms with Crippen LogP contribution in [-0.2, 0) is 16.4 Å². The number of amides is 1. The number of hydrogen-bond acceptors (Lipinski definition) is 5. The normalized spacial score (nSPS) is 15.4. The van der Waals surface area contributed by atoms with Crippen molar-refractivity contribution < 1.29 is 22.7 Å². The molecule has 0 saturated carbocycles. The molecule has 1 amide bonds. The molecule has 31 heavy (non-hydrogen) atoms. The summed E-state index contributed by atoms with van der Waals surface area (Å²) < 4.78 is 35.7. The maximum Gasteiger partial charge on any atom is 0.251 e. The van der Waals surface area contributed by atoms with Crippen molar-refractivity contribution in [1.29, 1.82) is 0 Å². The first-order valence-electron chi connectivity index (χ1n) is 10.4. The minimum absolute atomic E-state index is 0.142. The highest BCUT2D eigenvalue weighted by molar-refractivity contribution is 7.88. The Labute approximate surface area is 184 Å². The Morgan fingerprint density at radius 2 is 1.71 bits per heavy atom. The summed E-state index contributed by atoms with van der Waals surface area (Å²) in [7, 11) is -1.50. The van der Waals surface area contributed by atoms with Crippen molar-refractivity contribution >= 4 is 15.9 Å². The molecule has 0 bridgehead atoms. The molecule has 0 aromatic heterocycles. The minimum atomic E-state index is -3.09. The number of ether oxygens (including phenoxy) is 2. The van der Waals surface area contributed by atoms with Gasteiger partial charge in [-0.15, -0.1) is 0 Å². The summed E-state index contributed by atoms with van der Waals surface area (Å²) in [5.41, 5.74) is 1.77. The van der Waals surface area contributed by atoms with Crippen molar-refractivity contribution in [1.82, 2.24) is 9.62 Å². The number of rotatable bonds is 9. The number of piperidine rings is 1. The molecule has 8 heteroatoms. The number of para-hydroxylation sites is 2. The van der Waals surface area contributed by atoms with E-state index in [0.29, 0.717) is 49.2 Å². The molecular formula is C23H30N2O5S. The van der Waals surface area contributed by atoms with Gasteiger partial charge in [-0.2, -0.15) is 0 Å². The van der Waals surface area contributed by atoms with Crippen LogP contribution in [0.3, 0.4) is 0 Å². The van der Waals surface area contributed by atoms with Gasteiger partial charge in [-0.05, 0) is 55.0 Å². The largest absolute Gasteiger partial charge is 0.493 e. The Morgan fingerprint density at radius 1 is 1.06 bits per heavy atom. The fraction of sp³-hybridized carbons (Fsp3) is 0.435. The average Bonchev–Trinajstić information content (AvgIpc) is 2.77. The van der Waals surface area contributed by atoms with Gasteiger partial charge in [0.1, 0.15) is 6.61 Å². The summed E-state index contributed by atoms with van der Waals surface area (Å²) in [6.45, 7) is 1.90. The predicted octanol–water partition coefficient (Wildman–Crippen LogP) is 2.72. The number of sulfonamides is 1. The Bertz CT molecular complexity index is 968. The van der Waals surface area contributed by atoms with Crippen LogP contribution < -0.4 is 14.8 Å². The van der Waals surface area contributed by atoms with Gasteiger partial charge >= 0.3 is 0 Å². The van der Waals surface area contributed by atoms with Gasteiger partial charge in [0, 0.05) is 18.7 Å². The van der Waals surface area contributed by atoms with E-state index in [9.17, 15) is 13.2 Å². The highest BCUT2D eigenvalue weighted by atomic mass is 32.2. The molecule has 0 aliphatic carbocycles. The fourth-order valence-electron chi connectivity index (χ4n) is 3.74. The van der Waals surface area contributed by atoms with Gasteiger partial charge in [-0.1, -0.05) is 24.3 Å². The number of nitrogens with zero attached hydrogens (tertiary/aromatic N) is 1. The molecule has 1 fully saturated rings. The molecule has 2 aromatic rings. The van der Waals surface area contributed by atoms with Crippen molar-refractivity contribution in [2.24, 2.45) is 5.92 Å². The number of nitrogens with one attached hydrogen (secondary N) is 1. The van der Waals surface area contributed by atoms with Crippen molar-refractivity contribution in [3.8, 4) is 11.5 Å². The molecule has 1 aliphatic rings. The summed E-state index contributed by atoms with van der Waals surface area (Å²) in [6, 6.07) is 15.0. The van der Waals surface area contributed by atoms with E-state index < -0.39 is 10.0 Å². The smallest absolute Gasteiger partial charge is 0.251 e. The lowest BCUT2D eigenvalue weighted by atomic mass is 9.91. The summed E-state index contributed by atoms with van der Waals surface area (Å²) in [6.07, 6.45) is 3.89. The van der Waals surface area contributed by atoms with Gasteiger partial charge < -0.3 is 14.8 Å². The third-order valence-electron chi connectivity index (χ3n) is 5.50. The van der Waals surface area contributed by atoms with Crippen LogP contribution in [0.2, 0.25) is 0 Å². The Morgan fingerprint density at radius 3 is 2.32 bits per heavy atom. The van der Waals surface area contributed by atoms with E-state index in [1.807, 2.05) is 48.5 Å². The van der Waals surface area contributed by atoms with Crippen LogP contribution >= 0.6 is 0 Å². The van der Waals surface area contributed by atoms with Crippen LogP contribution in [0, 0.1) is 5.92 Å². The van der Waals surface area contributed by atoms with Crippen molar-refractivity contribution in [3.05, 3.63) is 59.7 Å². The van der Waals surface area contributed by atoms with Gasteiger partial charge in [0.2, 0.25) is 10.0 Å². The topological polar surface area (TPSA) is 84.9 Å². The van der Waals surface area contributed by atoms with Gasteiger partial charge in [-0.3, -0.25) is 4.79 Å². The second-order valence-corrected chi connectivity index (χ2v) is 9.74. The minimum Gasteiger partial charge on any atom is -0.493 e. The SMILES string of the molecule is COc1ccccc1OCCNC(=O)c1ccc(CC2CCN(S(C)(=O)=O)CC2)cc1. The lowest BCUT2D eigenvalue weighted by Gasteiger charge is -2.30. The van der Waals surface area contributed by atoms with Crippen LogP contribution in [0.4, 0.5) is 0 Å². The van der Waals surface area contributed by atoms with Gasteiger partial charge in [0.15, 0.2) is 11.5 Å². The molecule has 168 valence electrons. The van der Waals surface area contributed by atoms with Crippen LogP contribution in [0.25, 0.3) is 0 Å². The summed E-state index contributed by atoms with van der Waals surface area (Å²) in [5, 5.41) is 2.86. The molecule has 1 aliphatic heterocycles. The first-order chi connectivity index (χ1) is 14.9. The third-order valence-corrected chi connectivity index (χ3v) is 6.80.